The Morgan fingerprint density at radius 3 is 2.70 bits per heavy atom. The minimum atomic E-state index is 0.0470. The van der Waals surface area contributed by atoms with Crippen LogP contribution in [0.5, 0.6) is 0 Å². The molecular weight excluding hydrogens is 144 g/mol. The van der Waals surface area contributed by atoms with Gasteiger partial charge in [0.25, 0.3) is 0 Å². The predicted molar refractivity (Wildman–Crippen MR) is 46.8 cm³/mol. The molecule has 0 bridgehead atoms. The van der Waals surface area contributed by atoms with Gasteiger partial charge in [0.2, 0.25) is 0 Å². The van der Waals surface area contributed by atoms with Gasteiger partial charge in [-0.15, -0.1) is 0 Å². The van der Waals surface area contributed by atoms with Crippen molar-refractivity contribution in [2.24, 2.45) is 0 Å². The van der Waals surface area contributed by atoms with Crippen LogP contribution in [0.4, 0.5) is 0 Å². The molecule has 1 nitrogen and oxygen atoms in total. The van der Waals surface area contributed by atoms with E-state index in [9.17, 15) is 4.79 Å². The van der Waals surface area contributed by atoms with Crippen molar-refractivity contribution in [3.05, 3.63) is 23.0 Å². The van der Waals surface area contributed by atoms with Crippen LogP contribution in [0.25, 0.3) is 0 Å². The summed E-state index contributed by atoms with van der Waals surface area (Å²) in [4.78, 5) is 11.2. The lowest BCUT2D eigenvalue weighted by atomic mass is 10.4. The van der Waals surface area contributed by atoms with Crippen molar-refractivity contribution in [3.8, 4) is 0 Å². The first-order valence-electron chi connectivity index (χ1n) is 3.20. The van der Waals surface area contributed by atoms with Gasteiger partial charge in [0.1, 0.15) is 0 Å². The number of carbonyl (C=O) groups is 1. The van der Waals surface area contributed by atoms with Gasteiger partial charge in [-0.1, -0.05) is 31.3 Å². The van der Waals surface area contributed by atoms with Crippen molar-refractivity contribution in [2.75, 3.05) is 0 Å². The van der Waals surface area contributed by atoms with Gasteiger partial charge in [-0.2, -0.15) is 0 Å². The third kappa shape index (κ3) is 4.39. The molecule has 0 spiro atoms. The first-order valence-corrected chi connectivity index (χ1v) is 4.08. The number of rotatable bonds is 4. The van der Waals surface area contributed by atoms with Crippen molar-refractivity contribution in [3.63, 3.8) is 0 Å². The van der Waals surface area contributed by atoms with Gasteiger partial charge in [0.15, 0.2) is 5.78 Å². The molecule has 0 aromatic heterocycles. The maximum Gasteiger partial charge on any atom is 0.165 e. The summed E-state index contributed by atoms with van der Waals surface area (Å²) < 4.78 is 0. The molecule has 0 saturated carbocycles. The highest BCUT2D eigenvalue weighted by molar-refractivity contribution is 8.06. The summed E-state index contributed by atoms with van der Waals surface area (Å²) in [7, 11) is 0. The van der Waals surface area contributed by atoms with Crippen LogP contribution < -0.4 is 0 Å². The van der Waals surface area contributed by atoms with Gasteiger partial charge in [0, 0.05) is 4.91 Å². The van der Waals surface area contributed by atoms with Crippen LogP contribution in [0, 0.1) is 0 Å². The third-order valence-corrected chi connectivity index (χ3v) is 1.84. The average Bonchev–Trinajstić information content (AvgIpc) is 1.88. The topological polar surface area (TPSA) is 17.1 Å². The highest BCUT2D eigenvalue weighted by Crippen LogP contribution is 2.15. The second kappa shape index (κ2) is 5.30. The molecule has 56 valence electrons. The molecule has 0 saturated heterocycles. The number of carbonyl (C=O) groups excluding carboxylic acids is 1. The predicted octanol–water partition coefficient (Wildman–Crippen LogP) is 2.75. The van der Waals surface area contributed by atoms with E-state index in [0.717, 1.165) is 6.42 Å². The molecule has 0 aliphatic carbocycles. The second-order valence-corrected chi connectivity index (χ2v) is 2.88. The molecule has 0 aromatic rings. The lowest BCUT2D eigenvalue weighted by molar-refractivity contribution is -0.112. The number of allylic oxidation sites excluding steroid dienone is 2. The molecule has 0 rings (SSSR count). The summed E-state index contributed by atoms with van der Waals surface area (Å²) in [6, 6.07) is 0. The number of ketones is 1. The van der Waals surface area contributed by atoms with Gasteiger partial charge in [-0.05, 0) is 18.8 Å². The maximum absolute atomic E-state index is 10.6. The van der Waals surface area contributed by atoms with Gasteiger partial charge in [-0.25, -0.2) is 0 Å². The number of hydrogen-bond acceptors (Lipinski definition) is 2. The summed E-state index contributed by atoms with van der Waals surface area (Å²) in [5, 5.41) is 1.89. The largest absolute Gasteiger partial charge is 0.294 e. The molecule has 0 fully saturated rings. The van der Waals surface area contributed by atoms with Crippen LogP contribution in [-0.2, 0) is 4.79 Å². The summed E-state index contributed by atoms with van der Waals surface area (Å²) in [5.74, 6) is 0.0470. The highest BCUT2D eigenvalue weighted by atomic mass is 32.2. The zero-order valence-corrected chi connectivity index (χ0v) is 7.20. The Bertz CT molecular complexity index is 159. The zero-order chi connectivity index (χ0) is 7.98. The average molecular weight is 156 g/mol. The fourth-order valence-corrected chi connectivity index (χ4v) is 0.928. The van der Waals surface area contributed by atoms with E-state index in [1.165, 1.54) is 18.7 Å². The van der Waals surface area contributed by atoms with E-state index in [2.05, 4.69) is 6.58 Å². The lowest BCUT2D eigenvalue weighted by Gasteiger charge is -1.92. The molecule has 0 atom stereocenters. The van der Waals surface area contributed by atoms with Crippen LogP contribution in [0.15, 0.2) is 23.0 Å². The van der Waals surface area contributed by atoms with Crippen LogP contribution in [0.2, 0.25) is 0 Å². The molecule has 10 heavy (non-hydrogen) atoms. The molecule has 0 N–H and O–H groups in total. The van der Waals surface area contributed by atoms with Crippen molar-refractivity contribution in [2.45, 2.75) is 20.3 Å². The highest BCUT2D eigenvalue weighted by Gasteiger charge is 1.95. The van der Waals surface area contributed by atoms with Crippen molar-refractivity contribution in [1.82, 2.24) is 0 Å². The van der Waals surface area contributed by atoms with Crippen LogP contribution >= 0.6 is 11.8 Å². The molecular formula is C8H12OS. The number of hydrogen-bond donors (Lipinski definition) is 0. The lowest BCUT2D eigenvalue weighted by Crippen LogP contribution is -1.87. The van der Waals surface area contributed by atoms with E-state index in [4.69, 9.17) is 0 Å². The number of thioether (sulfide) groups is 1. The van der Waals surface area contributed by atoms with Gasteiger partial charge in [-0.3, -0.25) is 4.79 Å². The van der Waals surface area contributed by atoms with Gasteiger partial charge in [0.05, 0.1) is 0 Å². The Labute approximate surface area is 66.2 Å². The minimum absolute atomic E-state index is 0.0470. The van der Waals surface area contributed by atoms with Crippen molar-refractivity contribution >= 4 is 17.5 Å². The Hall–Kier alpha value is -0.500. The summed E-state index contributed by atoms with van der Waals surface area (Å²) in [6.45, 7) is 7.16. The molecule has 0 heterocycles. The standard InChI is InChI=1S/C8H12OS/c1-4-5-6-10-8(3)7(2)9/h5-6H,3-4H2,1-2H3/b6-5-. The van der Waals surface area contributed by atoms with E-state index in [1.54, 1.807) is 0 Å². The van der Waals surface area contributed by atoms with Gasteiger partial charge < -0.3 is 0 Å². The summed E-state index contributed by atoms with van der Waals surface area (Å²) >= 11 is 1.38. The van der Waals surface area contributed by atoms with Crippen LogP contribution in [0.1, 0.15) is 20.3 Å². The SMILES string of the molecule is C=C(S/C=C\CC)C(C)=O. The molecule has 2 heteroatoms. The van der Waals surface area contributed by atoms with E-state index in [0.29, 0.717) is 4.91 Å². The first-order chi connectivity index (χ1) is 4.68. The summed E-state index contributed by atoms with van der Waals surface area (Å²) in [6.07, 6.45) is 3.00. The molecule has 0 radical (unpaired) electrons. The quantitative estimate of drug-likeness (QED) is 0.582. The fourth-order valence-electron chi connectivity index (χ4n) is 0.309. The molecule has 0 aliphatic rings. The fraction of sp³-hybridized carbons (Fsp3) is 0.375. The van der Waals surface area contributed by atoms with E-state index in [1.807, 2.05) is 18.4 Å². The van der Waals surface area contributed by atoms with Gasteiger partial charge >= 0.3 is 0 Å². The molecule has 0 aromatic carbocycles. The number of Topliss-reactive ketones (excluding diaryl/α,β-unsaturated/α-hetero) is 1. The third-order valence-electron chi connectivity index (χ3n) is 0.935. The summed E-state index contributed by atoms with van der Waals surface area (Å²) in [5.41, 5.74) is 0. The van der Waals surface area contributed by atoms with Crippen molar-refractivity contribution in [1.29, 1.82) is 0 Å². The minimum Gasteiger partial charge on any atom is -0.294 e. The molecule has 0 aliphatic heterocycles. The Morgan fingerprint density at radius 1 is 1.70 bits per heavy atom. The maximum atomic E-state index is 10.6. The van der Waals surface area contributed by atoms with Crippen LogP contribution in [-0.4, -0.2) is 5.78 Å². The molecule has 0 amide bonds. The smallest absolute Gasteiger partial charge is 0.165 e. The monoisotopic (exact) mass is 156 g/mol. The second-order valence-electron chi connectivity index (χ2n) is 1.88. The Kier molecular flexibility index (Phi) is 5.03. The first kappa shape index (κ1) is 9.50. The normalized spacial score (nSPS) is 10.2. The Morgan fingerprint density at radius 2 is 2.30 bits per heavy atom. The Balaban J connectivity index is 3.60. The molecule has 0 unspecified atom stereocenters. The van der Waals surface area contributed by atoms with Crippen LogP contribution in [0.3, 0.4) is 0 Å². The van der Waals surface area contributed by atoms with Crippen molar-refractivity contribution < 1.29 is 4.79 Å². The van der Waals surface area contributed by atoms with E-state index >= 15 is 0 Å². The van der Waals surface area contributed by atoms with E-state index in [-0.39, 0.29) is 5.78 Å². The van der Waals surface area contributed by atoms with E-state index < -0.39 is 0 Å². The zero-order valence-electron chi connectivity index (χ0n) is 6.39.